The van der Waals surface area contributed by atoms with Gasteiger partial charge in [0.05, 0.1) is 0 Å². The van der Waals surface area contributed by atoms with Gasteiger partial charge in [-0.3, -0.25) is 0 Å². The minimum atomic E-state index is -0.441. The molecule has 0 N–H and O–H groups in total. The highest BCUT2D eigenvalue weighted by Gasteiger charge is 2.38. The first-order valence-electron chi connectivity index (χ1n) is 3.23. The van der Waals surface area contributed by atoms with Gasteiger partial charge in [0.15, 0.2) is 5.79 Å². The van der Waals surface area contributed by atoms with Crippen LogP contribution < -0.4 is 0 Å². The molecule has 0 heterocycles. The standard InChI is InChI=1S/C6H10Cl2O2/c7-4-9-6(10-5-8)2-1-3-6/h1-5H2. The largest absolute Gasteiger partial charge is 0.334 e. The van der Waals surface area contributed by atoms with Gasteiger partial charge < -0.3 is 9.47 Å². The Hall–Kier alpha value is 0.500. The van der Waals surface area contributed by atoms with E-state index in [0.717, 1.165) is 19.3 Å². The number of rotatable bonds is 4. The molecule has 0 aromatic rings. The zero-order valence-corrected chi connectivity index (χ0v) is 7.12. The molecule has 60 valence electrons. The topological polar surface area (TPSA) is 18.5 Å². The third-order valence-corrected chi connectivity index (χ3v) is 1.97. The van der Waals surface area contributed by atoms with Crippen molar-refractivity contribution >= 4 is 23.2 Å². The second-order valence-corrected chi connectivity index (χ2v) is 2.71. The van der Waals surface area contributed by atoms with E-state index in [1.165, 1.54) is 0 Å². The normalized spacial score (nSPS) is 22.2. The smallest absolute Gasteiger partial charge is 0.171 e. The summed E-state index contributed by atoms with van der Waals surface area (Å²) in [4.78, 5) is 0. The van der Waals surface area contributed by atoms with E-state index in [9.17, 15) is 0 Å². The van der Waals surface area contributed by atoms with E-state index in [-0.39, 0.29) is 12.1 Å². The lowest BCUT2D eigenvalue weighted by Crippen LogP contribution is -2.42. The molecule has 1 aliphatic carbocycles. The zero-order valence-electron chi connectivity index (χ0n) is 5.61. The molecule has 0 aliphatic heterocycles. The van der Waals surface area contributed by atoms with Crippen LogP contribution in [-0.4, -0.2) is 17.9 Å². The van der Waals surface area contributed by atoms with Crippen molar-refractivity contribution in [3.05, 3.63) is 0 Å². The van der Waals surface area contributed by atoms with Crippen molar-refractivity contribution < 1.29 is 9.47 Å². The fourth-order valence-corrected chi connectivity index (χ4v) is 1.39. The lowest BCUT2D eigenvalue weighted by molar-refractivity contribution is -0.259. The minimum absolute atomic E-state index is 0.177. The summed E-state index contributed by atoms with van der Waals surface area (Å²) in [6, 6.07) is 0.355. The van der Waals surface area contributed by atoms with Gasteiger partial charge in [0.1, 0.15) is 12.1 Å². The van der Waals surface area contributed by atoms with E-state index in [0.29, 0.717) is 0 Å². The van der Waals surface area contributed by atoms with Crippen LogP contribution in [0.25, 0.3) is 0 Å². The van der Waals surface area contributed by atoms with E-state index >= 15 is 0 Å². The molecule has 0 amide bonds. The lowest BCUT2D eigenvalue weighted by atomic mass is 9.91. The van der Waals surface area contributed by atoms with Crippen molar-refractivity contribution in [1.82, 2.24) is 0 Å². The molecular weight excluding hydrogens is 175 g/mol. The van der Waals surface area contributed by atoms with Crippen LogP contribution in [0.4, 0.5) is 0 Å². The van der Waals surface area contributed by atoms with Crippen molar-refractivity contribution in [2.75, 3.05) is 12.1 Å². The molecule has 0 spiro atoms. The molecule has 0 saturated heterocycles. The molecule has 2 nitrogen and oxygen atoms in total. The van der Waals surface area contributed by atoms with E-state index in [1.807, 2.05) is 0 Å². The Morgan fingerprint density at radius 1 is 1.10 bits per heavy atom. The maximum absolute atomic E-state index is 5.39. The van der Waals surface area contributed by atoms with E-state index in [2.05, 4.69) is 0 Å². The van der Waals surface area contributed by atoms with Crippen LogP contribution in [0.15, 0.2) is 0 Å². The van der Waals surface area contributed by atoms with Crippen molar-refractivity contribution in [1.29, 1.82) is 0 Å². The molecule has 0 radical (unpaired) electrons. The molecule has 0 bridgehead atoms. The molecule has 1 fully saturated rings. The Kier molecular flexibility index (Phi) is 3.24. The fraction of sp³-hybridized carbons (Fsp3) is 1.00. The second-order valence-electron chi connectivity index (χ2n) is 2.27. The molecular formula is C6H10Cl2O2. The van der Waals surface area contributed by atoms with Gasteiger partial charge in [-0.1, -0.05) is 23.2 Å². The summed E-state index contributed by atoms with van der Waals surface area (Å²) in [6.07, 6.45) is 2.95. The molecule has 0 atom stereocenters. The predicted molar refractivity (Wildman–Crippen MR) is 40.2 cm³/mol. The summed E-state index contributed by atoms with van der Waals surface area (Å²) in [5.41, 5.74) is 0. The number of alkyl halides is 2. The average Bonchev–Trinajstić information content (AvgIpc) is 1.84. The SMILES string of the molecule is ClCOC1(OCCl)CCC1. The highest BCUT2D eigenvalue weighted by atomic mass is 35.5. The van der Waals surface area contributed by atoms with Gasteiger partial charge in [-0.05, 0) is 6.42 Å². The Morgan fingerprint density at radius 2 is 1.60 bits per heavy atom. The van der Waals surface area contributed by atoms with Gasteiger partial charge >= 0.3 is 0 Å². The maximum atomic E-state index is 5.39. The molecule has 0 aromatic heterocycles. The molecule has 4 heteroatoms. The lowest BCUT2D eigenvalue weighted by Gasteiger charge is -2.39. The Balaban J connectivity index is 2.27. The molecule has 1 saturated carbocycles. The van der Waals surface area contributed by atoms with Crippen LogP contribution in [0.5, 0.6) is 0 Å². The average molecular weight is 185 g/mol. The van der Waals surface area contributed by atoms with Crippen molar-refractivity contribution in [2.24, 2.45) is 0 Å². The van der Waals surface area contributed by atoms with Crippen molar-refractivity contribution in [3.8, 4) is 0 Å². The van der Waals surface area contributed by atoms with Crippen LogP contribution in [-0.2, 0) is 9.47 Å². The summed E-state index contributed by atoms with van der Waals surface area (Å²) >= 11 is 10.8. The van der Waals surface area contributed by atoms with Crippen molar-refractivity contribution in [2.45, 2.75) is 25.0 Å². The second kappa shape index (κ2) is 3.77. The van der Waals surface area contributed by atoms with Crippen LogP contribution in [0.3, 0.4) is 0 Å². The third kappa shape index (κ3) is 1.76. The first kappa shape index (κ1) is 8.60. The maximum Gasteiger partial charge on any atom is 0.171 e. The summed E-state index contributed by atoms with van der Waals surface area (Å²) < 4.78 is 10.3. The first-order valence-corrected chi connectivity index (χ1v) is 4.30. The highest BCUT2D eigenvalue weighted by Crippen LogP contribution is 2.36. The molecule has 0 unspecified atom stereocenters. The van der Waals surface area contributed by atoms with Crippen LogP contribution in [0.1, 0.15) is 19.3 Å². The van der Waals surface area contributed by atoms with Gasteiger partial charge in [-0.15, -0.1) is 0 Å². The predicted octanol–water partition coefficient (Wildman–Crippen LogP) is 2.29. The number of halogens is 2. The highest BCUT2D eigenvalue weighted by molar-refractivity contribution is 6.17. The molecule has 10 heavy (non-hydrogen) atoms. The Labute approximate surface area is 70.4 Å². The van der Waals surface area contributed by atoms with E-state index in [4.69, 9.17) is 32.7 Å². The summed E-state index contributed by atoms with van der Waals surface area (Å²) in [5, 5.41) is 0. The summed E-state index contributed by atoms with van der Waals surface area (Å²) in [6.45, 7) is 0. The Morgan fingerprint density at radius 3 is 1.80 bits per heavy atom. The van der Waals surface area contributed by atoms with E-state index < -0.39 is 5.79 Å². The van der Waals surface area contributed by atoms with Crippen LogP contribution in [0.2, 0.25) is 0 Å². The van der Waals surface area contributed by atoms with Gasteiger partial charge in [0.2, 0.25) is 0 Å². The first-order chi connectivity index (χ1) is 4.83. The van der Waals surface area contributed by atoms with Gasteiger partial charge in [-0.25, -0.2) is 0 Å². The van der Waals surface area contributed by atoms with Crippen LogP contribution in [0, 0.1) is 0 Å². The summed E-state index contributed by atoms with van der Waals surface area (Å²) in [7, 11) is 0. The molecule has 1 rings (SSSR count). The molecule has 0 aromatic carbocycles. The van der Waals surface area contributed by atoms with Gasteiger partial charge in [0, 0.05) is 12.8 Å². The Bertz CT molecular complexity index is 95.9. The third-order valence-electron chi connectivity index (χ3n) is 1.75. The van der Waals surface area contributed by atoms with Gasteiger partial charge in [0.25, 0.3) is 0 Å². The fourth-order valence-electron chi connectivity index (χ4n) is 0.995. The van der Waals surface area contributed by atoms with Crippen LogP contribution >= 0.6 is 23.2 Å². The zero-order chi connectivity index (χ0) is 7.45. The van der Waals surface area contributed by atoms with E-state index in [1.54, 1.807) is 0 Å². The molecule has 1 aliphatic rings. The number of hydrogen-bond donors (Lipinski definition) is 0. The van der Waals surface area contributed by atoms with Crippen molar-refractivity contribution in [3.63, 3.8) is 0 Å². The summed E-state index contributed by atoms with van der Waals surface area (Å²) in [5.74, 6) is -0.441. The number of ether oxygens (including phenoxy) is 2. The quantitative estimate of drug-likeness (QED) is 0.494. The number of hydrogen-bond acceptors (Lipinski definition) is 2. The minimum Gasteiger partial charge on any atom is -0.334 e. The van der Waals surface area contributed by atoms with Gasteiger partial charge in [-0.2, -0.15) is 0 Å². The monoisotopic (exact) mass is 184 g/mol.